The van der Waals surface area contributed by atoms with Crippen molar-refractivity contribution in [2.24, 2.45) is 0 Å². The molecule has 2 N–H and O–H groups in total. The first-order chi connectivity index (χ1) is 9.11. The summed E-state index contributed by atoms with van der Waals surface area (Å²) < 4.78 is 5.12. The SMILES string of the molecule is CNC(C)CNC(=O)c1cc2ccccc2oc1=O. The van der Waals surface area contributed by atoms with Crippen LogP contribution in [-0.4, -0.2) is 25.5 Å². The molecule has 0 aliphatic rings. The lowest BCUT2D eigenvalue weighted by atomic mass is 10.2. The second-order valence-corrected chi connectivity index (χ2v) is 4.39. The van der Waals surface area contributed by atoms with Crippen molar-refractivity contribution in [3.05, 3.63) is 46.3 Å². The fraction of sp³-hybridized carbons (Fsp3) is 0.286. The summed E-state index contributed by atoms with van der Waals surface area (Å²) >= 11 is 0. The highest BCUT2D eigenvalue weighted by Crippen LogP contribution is 2.12. The van der Waals surface area contributed by atoms with Crippen LogP contribution in [0.5, 0.6) is 0 Å². The van der Waals surface area contributed by atoms with Crippen LogP contribution in [0.1, 0.15) is 17.3 Å². The first kappa shape index (κ1) is 13.3. The normalized spacial score (nSPS) is 12.3. The molecule has 1 aromatic heterocycles. The van der Waals surface area contributed by atoms with Crippen molar-refractivity contribution in [3.63, 3.8) is 0 Å². The third-order valence-electron chi connectivity index (χ3n) is 2.95. The van der Waals surface area contributed by atoms with Crippen molar-refractivity contribution in [1.82, 2.24) is 10.6 Å². The Morgan fingerprint density at radius 2 is 2.11 bits per heavy atom. The van der Waals surface area contributed by atoms with Crippen LogP contribution in [0.25, 0.3) is 11.0 Å². The van der Waals surface area contributed by atoms with Gasteiger partial charge in [-0.25, -0.2) is 4.79 Å². The first-order valence-electron chi connectivity index (χ1n) is 6.10. The lowest BCUT2D eigenvalue weighted by Crippen LogP contribution is -2.38. The Bertz CT molecular complexity index is 648. The fourth-order valence-electron chi connectivity index (χ4n) is 1.66. The van der Waals surface area contributed by atoms with E-state index in [2.05, 4.69) is 10.6 Å². The minimum Gasteiger partial charge on any atom is -0.422 e. The Kier molecular flexibility index (Phi) is 3.97. The van der Waals surface area contributed by atoms with Gasteiger partial charge in [0.2, 0.25) is 0 Å². The zero-order valence-corrected chi connectivity index (χ0v) is 10.9. The van der Waals surface area contributed by atoms with E-state index in [1.807, 2.05) is 13.0 Å². The molecule has 1 heterocycles. The molecule has 0 aliphatic heterocycles. The summed E-state index contributed by atoms with van der Waals surface area (Å²) in [4.78, 5) is 23.7. The molecule has 1 atom stereocenters. The summed E-state index contributed by atoms with van der Waals surface area (Å²) in [6, 6.07) is 8.79. The number of hydrogen-bond acceptors (Lipinski definition) is 4. The van der Waals surface area contributed by atoms with Crippen molar-refractivity contribution < 1.29 is 9.21 Å². The van der Waals surface area contributed by atoms with Gasteiger partial charge in [-0.1, -0.05) is 18.2 Å². The average molecular weight is 260 g/mol. The van der Waals surface area contributed by atoms with Crippen molar-refractivity contribution in [2.45, 2.75) is 13.0 Å². The zero-order valence-electron chi connectivity index (χ0n) is 10.9. The number of amides is 1. The van der Waals surface area contributed by atoms with E-state index in [9.17, 15) is 9.59 Å². The monoisotopic (exact) mass is 260 g/mol. The van der Waals surface area contributed by atoms with Crippen LogP contribution in [0.3, 0.4) is 0 Å². The summed E-state index contributed by atoms with van der Waals surface area (Å²) in [5, 5.41) is 6.42. The molecule has 0 fully saturated rings. The third kappa shape index (κ3) is 3.00. The molecule has 0 radical (unpaired) electrons. The summed E-state index contributed by atoms with van der Waals surface area (Å²) in [5.74, 6) is -0.415. The maximum atomic E-state index is 11.9. The number of carbonyl (C=O) groups is 1. The minimum atomic E-state index is -0.617. The van der Waals surface area contributed by atoms with E-state index < -0.39 is 11.5 Å². The standard InChI is InChI=1S/C14H16N2O3/c1-9(15-2)8-16-13(17)11-7-10-5-3-4-6-12(10)19-14(11)18/h3-7,9,15H,8H2,1-2H3,(H,16,17). The Balaban J connectivity index is 2.27. The van der Waals surface area contributed by atoms with Gasteiger partial charge in [-0.05, 0) is 26.1 Å². The van der Waals surface area contributed by atoms with Crippen molar-refractivity contribution >= 4 is 16.9 Å². The number of para-hydroxylation sites is 1. The smallest absolute Gasteiger partial charge is 0.349 e. The molecule has 5 heteroatoms. The van der Waals surface area contributed by atoms with Gasteiger partial charge in [0, 0.05) is 18.0 Å². The van der Waals surface area contributed by atoms with Crippen LogP contribution in [0.2, 0.25) is 0 Å². The number of likely N-dealkylation sites (N-methyl/N-ethyl adjacent to an activating group) is 1. The summed E-state index contributed by atoms with van der Waals surface area (Å²) in [6.45, 7) is 2.38. The predicted octanol–water partition coefficient (Wildman–Crippen LogP) is 1.13. The third-order valence-corrected chi connectivity index (χ3v) is 2.95. The van der Waals surface area contributed by atoms with Gasteiger partial charge in [0.15, 0.2) is 0 Å². The van der Waals surface area contributed by atoms with Crippen LogP contribution in [-0.2, 0) is 0 Å². The van der Waals surface area contributed by atoms with Crippen LogP contribution in [0.15, 0.2) is 39.5 Å². The second kappa shape index (κ2) is 5.67. The lowest BCUT2D eigenvalue weighted by molar-refractivity contribution is 0.0947. The quantitative estimate of drug-likeness (QED) is 0.808. The maximum Gasteiger partial charge on any atom is 0.349 e. The van der Waals surface area contributed by atoms with Gasteiger partial charge in [-0.2, -0.15) is 0 Å². The zero-order chi connectivity index (χ0) is 13.8. The van der Waals surface area contributed by atoms with Crippen LogP contribution in [0, 0.1) is 0 Å². The Morgan fingerprint density at radius 3 is 2.84 bits per heavy atom. The highest BCUT2D eigenvalue weighted by Gasteiger charge is 2.13. The molecular formula is C14H16N2O3. The molecule has 1 amide bonds. The molecule has 1 unspecified atom stereocenters. The molecule has 0 aliphatic carbocycles. The molecule has 2 rings (SSSR count). The molecule has 0 bridgehead atoms. The predicted molar refractivity (Wildman–Crippen MR) is 73.3 cm³/mol. The molecular weight excluding hydrogens is 244 g/mol. The van der Waals surface area contributed by atoms with Crippen LogP contribution >= 0.6 is 0 Å². The van der Waals surface area contributed by atoms with Crippen molar-refractivity contribution in [2.75, 3.05) is 13.6 Å². The van der Waals surface area contributed by atoms with E-state index >= 15 is 0 Å². The number of nitrogens with one attached hydrogen (secondary N) is 2. The Hall–Kier alpha value is -2.14. The number of rotatable bonds is 4. The van der Waals surface area contributed by atoms with Gasteiger partial charge < -0.3 is 15.1 Å². The van der Waals surface area contributed by atoms with E-state index in [1.54, 1.807) is 31.3 Å². The Labute approximate surface area is 110 Å². The van der Waals surface area contributed by atoms with Crippen LogP contribution in [0.4, 0.5) is 0 Å². The molecule has 19 heavy (non-hydrogen) atoms. The summed E-state index contributed by atoms with van der Waals surface area (Å²) in [5.41, 5.74) is -0.108. The van der Waals surface area contributed by atoms with Gasteiger partial charge in [-0.15, -0.1) is 0 Å². The van der Waals surface area contributed by atoms with Gasteiger partial charge in [0.05, 0.1) is 0 Å². The van der Waals surface area contributed by atoms with E-state index in [0.29, 0.717) is 12.1 Å². The van der Waals surface area contributed by atoms with Gasteiger partial charge in [0.25, 0.3) is 5.91 Å². The largest absolute Gasteiger partial charge is 0.422 e. The number of benzene rings is 1. The molecule has 1 aromatic carbocycles. The molecule has 2 aromatic rings. The molecule has 0 saturated carbocycles. The highest BCUT2D eigenvalue weighted by atomic mass is 16.4. The fourth-order valence-corrected chi connectivity index (χ4v) is 1.66. The van der Waals surface area contributed by atoms with E-state index in [0.717, 1.165) is 5.39 Å². The summed E-state index contributed by atoms with van der Waals surface area (Å²) in [7, 11) is 1.81. The van der Waals surface area contributed by atoms with Crippen molar-refractivity contribution in [3.8, 4) is 0 Å². The summed E-state index contributed by atoms with van der Waals surface area (Å²) in [6.07, 6.45) is 0. The molecule has 0 spiro atoms. The molecule has 100 valence electrons. The van der Waals surface area contributed by atoms with Gasteiger partial charge >= 0.3 is 5.63 Å². The number of hydrogen-bond donors (Lipinski definition) is 2. The Morgan fingerprint density at radius 1 is 1.37 bits per heavy atom. The molecule has 5 nitrogen and oxygen atoms in total. The first-order valence-corrected chi connectivity index (χ1v) is 6.10. The maximum absolute atomic E-state index is 11.9. The molecule has 0 saturated heterocycles. The van der Waals surface area contributed by atoms with Crippen LogP contribution < -0.4 is 16.3 Å². The van der Waals surface area contributed by atoms with E-state index in [-0.39, 0.29) is 11.6 Å². The van der Waals surface area contributed by atoms with E-state index in [1.165, 1.54) is 0 Å². The topological polar surface area (TPSA) is 71.3 Å². The highest BCUT2D eigenvalue weighted by molar-refractivity contribution is 5.96. The number of fused-ring (bicyclic) bond motifs is 1. The van der Waals surface area contributed by atoms with E-state index in [4.69, 9.17) is 4.42 Å². The van der Waals surface area contributed by atoms with Gasteiger partial charge in [0.1, 0.15) is 11.1 Å². The van der Waals surface area contributed by atoms with Crippen molar-refractivity contribution in [1.29, 1.82) is 0 Å². The van der Waals surface area contributed by atoms with Gasteiger partial charge in [-0.3, -0.25) is 4.79 Å². The second-order valence-electron chi connectivity index (χ2n) is 4.39. The lowest BCUT2D eigenvalue weighted by Gasteiger charge is -2.10. The minimum absolute atomic E-state index is 0.0296. The average Bonchev–Trinajstić information content (AvgIpc) is 2.43. The number of carbonyl (C=O) groups excluding carboxylic acids is 1.